The Bertz CT molecular complexity index is 884. The summed E-state index contributed by atoms with van der Waals surface area (Å²) in [6.07, 6.45) is 3.39. The molecule has 0 unspecified atom stereocenters. The van der Waals surface area contributed by atoms with Gasteiger partial charge < -0.3 is 5.32 Å². The number of pyridine rings is 1. The van der Waals surface area contributed by atoms with Crippen LogP contribution in [-0.4, -0.2) is 31.8 Å². The highest BCUT2D eigenvalue weighted by molar-refractivity contribution is 8.01. The minimum Gasteiger partial charge on any atom is -0.325 e. The summed E-state index contributed by atoms with van der Waals surface area (Å²) in [5, 5.41) is 22.2. The van der Waals surface area contributed by atoms with Crippen LogP contribution in [0.1, 0.15) is 0 Å². The van der Waals surface area contributed by atoms with E-state index in [1.807, 2.05) is 12.1 Å². The Morgan fingerprint density at radius 2 is 2.04 bits per heavy atom. The first kappa shape index (κ1) is 17.0. The molecule has 1 aromatic carbocycles. The number of nitro benzene ring substituents is 1. The molecule has 0 fully saturated rings. The van der Waals surface area contributed by atoms with E-state index in [1.165, 1.54) is 47.4 Å². The van der Waals surface area contributed by atoms with Crippen molar-refractivity contribution in [1.29, 1.82) is 0 Å². The van der Waals surface area contributed by atoms with E-state index in [4.69, 9.17) is 0 Å². The molecule has 0 saturated heterocycles. The van der Waals surface area contributed by atoms with E-state index in [9.17, 15) is 14.9 Å². The molecule has 0 spiro atoms. The number of thioether (sulfide) groups is 1. The zero-order valence-electron chi connectivity index (χ0n) is 12.7. The first-order valence-corrected chi connectivity index (χ1v) is 8.83. The molecule has 25 heavy (non-hydrogen) atoms. The van der Waals surface area contributed by atoms with Crippen molar-refractivity contribution in [2.24, 2.45) is 0 Å². The molecule has 2 heterocycles. The van der Waals surface area contributed by atoms with Gasteiger partial charge in [-0.05, 0) is 24.3 Å². The summed E-state index contributed by atoms with van der Waals surface area (Å²) < 4.78 is 0.678. The van der Waals surface area contributed by atoms with Crippen LogP contribution in [0, 0.1) is 10.1 Å². The quantitative estimate of drug-likeness (QED) is 0.401. The van der Waals surface area contributed by atoms with Gasteiger partial charge in [0.1, 0.15) is 5.01 Å². The van der Waals surface area contributed by atoms with E-state index in [1.54, 1.807) is 12.4 Å². The van der Waals surface area contributed by atoms with Gasteiger partial charge in [0.2, 0.25) is 5.91 Å². The summed E-state index contributed by atoms with van der Waals surface area (Å²) in [6, 6.07) is 9.38. The van der Waals surface area contributed by atoms with Crippen molar-refractivity contribution < 1.29 is 9.72 Å². The molecule has 0 radical (unpaired) electrons. The lowest BCUT2D eigenvalue weighted by atomic mass is 10.3. The monoisotopic (exact) mass is 373 g/mol. The summed E-state index contributed by atoms with van der Waals surface area (Å²) >= 11 is 2.66. The van der Waals surface area contributed by atoms with Crippen LogP contribution in [0.4, 0.5) is 11.4 Å². The largest absolute Gasteiger partial charge is 0.325 e. The Hall–Kier alpha value is -2.85. The maximum atomic E-state index is 12.0. The number of anilines is 1. The third-order valence-corrected chi connectivity index (χ3v) is 5.11. The number of nitrogens with one attached hydrogen (secondary N) is 1. The fourth-order valence-corrected chi connectivity index (χ4v) is 3.51. The Kier molecular flexibility index (Phi) is 5.31. The van der Waals surface area contributed by atoms with Crippen LogP contribution in [0.25, 0.3) is 10.6 Å². The molecular formula is C15H11N5O3S2. The number of rotatable bonds is 6. The Morgan fingerprint density at radius 3 is 2.72 bits per heavy atom. The van der Waals surface area contributed by atoms with Crippen molar-refractivity contribution in [1.82, 2.24) is 15.2 Å². The molecule has 0 aliphatic heterocycles. The van der Waals surface area contributed by atoms with E-state index in [0.717, 1.165) is 10.6 Å². The number of non-ortho nitro benzene ring substituents is 1. The molecule has 1 amide bonds. The molecule has 8 nitrogen and oxygen atoms in total. The van der Waals surface area contributed by atoms with E-state index in [2.05, 4.69) is 20.5 Å². The average Bonchev–Trinajstić information content (AvgIpc) is 3.10. The van der Waals surface area contributed by atoms with Gasteiger partial charge in [0.15, 0.2) is 4.34 Å². The second-order valence-electron chi connectivity index (χ2n) is 4.76. The van der Waals surface area contributed by atoms with Gasteiger partial charge in [-0.3, -0.25) is 19.9 Å². The van der Waals surface area contributed by atoms with Crippen LogP contribution in [0.3, 0.4) is 0 Å². The fraction of sp³-hybridized carbons (Fsp3) is 0.0667. The second kappa shape index (κ2) is 7.81. The van der Waals surface area contributed by atoms with Gasteiger partial charge in [-0.15, -0.1) is 10.2 Å². The van der Waals surface area contributed by atoms with Gasteiger partial charge in [-0.2, -0.15) is 0 Å². The van der Waals surface area contributed by atoms with Gasteiger partial charge in [0, 0.05) is 35.8 Å². The molecular weight excluding hydrogens is 362 g/mol. The Morgan fingerprint density at radius 1 is 1.24 bits per heavy atom. The average molecular weight is 373 g/mol. The van der Waals surface area contributed by atoms with Gasteiger partial charge in [0.25, 0.3) is 5.69 Å². The van der Waals surface area contributed by atoms with Crippen LogP contribution >= 0.6 is 23.1 Å². The van der Waals surface area contributed by atoms with E-state index in [0.29, 0.717) is 10.0 Å². The third-order valence-electron chi connectivity index (χ3n) is 3.00. The first-order valence-electron chi connectivity index (χ1n) is 7.03. The highest BCUT2D eigenvalue weighted by Crippen LogP contribution is 2.28. The zero-order valence-corrected chi connectivity index (χ0v) is 14.3. The van der Waals surface area contributed by atoms with E-state index in [-0.39, 0.29) is 17.3 Å². The summed E-state index contributed by atoms with van der Waals surface area (Å²) in [6.45, 7) is 0. The van der Waals surface area contributed by atoms with Crippen molar-refractivity contribution >= 4 is 40.4 Å². The first-order chi connectivity index (χ1) is 12.1. The number of nitro groups is 1. The molecule has 0 saturated carbocycles. The molecule has 0 atom stereocenters. The summed E-state index contributed by atoms with van der Waals surface area (Å²) in [7, 11) is 0. The highest BCUT2D eigenvalue weighted by Gasteiger charge is 2.10. The van der Waals surface area contributed by atoms with Crippen LogP contribution in [0.5, 0.6) is 0 Å². The smallest absolute Gasteiger partial charge is 0.269 e. The second-order valence-corrected chi connectivity index (χ2v) is 6.96. The van der Waals surface area contributed by atoms with Crippen LogP contribution in [-0.2, 0) is 4.79 Å². The molecule has 3 rings (SSSR count). The minimum absolute atomic E-state index is 0.0239. The Labute approximate surface area is 150 Å². The van der Waals surface area contributed by atoms with Crippen molar-refractivity contribution in [2.45, 2.75) is 4.34 Å². The maximum Gasteiger partial charge on any atom is 0.269 e. The molecule has 1 N–H and O–H groups in total. The number of hydrogen-bond donors (Lipinski definition) is 1. The molecule has 0 aliphatic rings. The predicted molar refractivity (Wildman–Crippen MR) is 95.6 cm³/mol. The Balaban J connectivity index is 1.54. The lowest BCUT2D eigenvalue weighted by molar-refractivity contribution is -0.384. The lowest BCUT2D eigenvalue weighted by Gasteiger charge is -2.03. The SMILES string of the molecule is O=C(CSc1nnc(-c2cccnc2)s1)Nc1ccc([N+](=O)[O-])cc1. The molecule has 10 heteroatoms. The number of carbonyl (C=O) groups excluding carboxylic acids is 1. The summed E-state index contributed by atoms with van der Waals surface area (Å²) in [5.41, 5.74) is 1.36. The minimum atomic E-state index is -0.489. The summed E-state index contributed by atoms with van der Waals surface area (Å²) in [5.74, 6) is -0.0597. The standard InChI is InChI=1S/C15H11N5O3S2/c21-13(17-11-3-5-12(6-4-11)20(22)23)9-24-15-19-18-14(25-15)10-2-1-7-16-8-10/h1-8H,9H2,(H,17,21). The summed E-state index contributed by atoms with van der Waals surface area (Å²) in [4.78, 5) is 26.1. The number of benzene rings is 1. The van der Waals surface area contributed by atoms with Crippen molar-refractivity contribution in [3.8, 4) is 10.6 Å². The number of aromatic nitrogens is 3. The van der Waals surface area contributed by atoms with Crippen molar-refractivity contribution in [3.05, 3.63) is 58.9 Å². The molecule has 0 aliphatic carbocycles. The number of amides is 1. The van der Waals surface area contributed by atoms with E-state index < -0.39 is 4.92 Å². The highest BCUT2D eigenvalue weighted by atomic mass is 32.2. The number of nitrogens with zero attached hydrogens (tertiary/aromatic N) is 4. The molecule has 126 valence electrons. The van der Waals surface area contributed by atoms with Gasteiger partial charge in [-0.1, -0.05) is 23.1 Å². The van der Waals surface area contributed by atoms with Gasteiger partial charge >= 0.3 is 0 Å². The normalized spacial score (nSPS) is 10.4. The lowest BCUT2D eigenvalue weighted by Crippen LogP contribution is -2.13. The topological polar surface area (TPSA) is 111 Å². The molecule has 0 bridgehead atoms. The maximum absolute atomic E-state index is 12.0. The van der Waals surface area contributed by atoms with Crippen molar-refractivity contribution in [2.75, 3.05) is 11.1 Å². The van der Waals surface area contributed by atoms with E-state index >= 15 is 0 Å². The molecule has 3 aromatic rings. The third kappa shape index (κ3) is 4.58. The van der Waals surface area contributed by atoms with Gasteiger partial charge in [0.05, 0.1) is 10.7 Å². The van der Waals surface area contributed by atoms with Crippen LogP contribution in [0.2, 0.25) is 0 Å². The fourth-order valence-electron chi connectivity index (χ4n) is 1.86. The van der Waals surface area contributed by atoms with Crippen molar-refractivity contribution in [3.63, 3.8) is 0 Å². The van der Waals surface area contributed by atoms with Crippen LogP contribution < -0.4 is 5.32 Å². The molecule has 2 aromatic heterocycles. The van der Waals surface area contributed by atoms with Gasteiger partial charge in [-0.25, -0.2) is 0 Å². The zero-order chi connectivity index (χ0) is 17.6. The predicted octanol–water partition coefficient (Wildman–Crippen LogP) is 3.24. The number of hydrogen-bond acceptors (Lipinski definition) is 8. The number of carbonyl (C=O) groups is 1. The van der Waals surface area contributed by atoms with Crippen LogP contribution in [0.15, 0.2) is 53.1 Å².